The first-order chi connectivity index (χ1) is 14.0. The molecule has 1 unspecified atom stereocenters. The van der Waals surface area contributed by atoms with E-state index in [4.69, 9.17) is 4.98 Å². The summed E-state index contributed by atoms with van der Waals surface area (Å²) in [5.74, 6) is -0.311. The molecule has 0 saturated heterocycles. The van der Waals surface area contributed by atoms with Gasteiger partial charge in [0.15, 0.2) is 5.16 Å². The number of nitrogens with one attached hydrogen (secondary N) is 2. The van der Waals surface area contributed by atoms with Crippen LogP contribution in [-0.4, -0.2) is 26.7 Å². The number of thioether (sulfide) groups is 1. The van der Waals surface area contributed by atoms with Crippen molar-refractivity contribution < 1.29 is 9.59 Å². The number of carbonyl (C=O) groups excluding carboxylic acids is 2. The minimum absolute atomic E-state index is 0.311. The summed E-state index contributed by atoms with van der Waals surface area (Å²) in [6.45, 7) is 6.31. The van der Waals surface area contributed by atoms with Crippen LogP contribution in [0.15, 0.2) is 35.5 Å². The summed E-state index contributed by atoms with van der Waals surface area (Å²) in [7, 11) is 0. The van der Waals surface area contributed by atoms with Crippen LogP contribution < -0.4 is 10.6 Å². The number of amides is 3. The highest BCUT2D eigenvalue weighted by molar-refractivity contribution is 8.00. The van der Waals surface area contributed by atoms with Crippen molar-refractivity contribution in [1.82, 2.24) is 20.2 Å². The van der Waals surface area contributed by atoms with Gasteiger partial charge < -0.3 is 9.88 Å². The Balaban J connectivity index is 1.58. The normalized spacial score (nSPS) is 15.7. The Morgan fingerprint density at radius 1 is 1.17 bits per heavy atom. The third-order valence-electron chi connectivity index (χ3n) is 5.48. The van der Waals surface area contributed by atoms with Crippen LogP contribution in [0.4, 0.5) is 4.79 Å². The van der Waals surface area contributed by atoms with Crippen LogP contribution >= 0.6 is 11.8 Å². The van der Waals surface area contributed by atoms with Gasteiger partial charge >= 0.3 is 6.03 Å². The average molecular weight is 415 g/mol. The molecule has 1 atom stereocenters. The van der Waals surface area contributed by atoms with Gasteiger partial charge in [0.05, 0.1) is 10.9 Å². The van der Waals surface area contributed by atoms with E-state index in [1.54, 1.807) is 0 Å². The number of imide groups is 1. The van der Waals surface area contributed by atoms with Gasteiger partial charge in [0.2, 0.25) is 5.91 Å². The Bertz CT molecular complexity index is 844. The molecule has 1 saturated carbocycles. The van der Waals surface area contributed by atoms with E-state index in [1.165, 1.54) is 36.7 Å². The highest BCUT2D eigenvalue weighted by Crippen LogP contribution is 2.35. The van der Waals surface area contributed by atoms with E-state index < -0.39 is 11.3 Å². The van der Waals surface area contributed by atoms with Crippen molar-refractivity contribution in [2.75, 3.05) is 0 Å². The molecule has 0 aliphatic heterocycles. The van der Waals surface area contributed by atoms with Crippen LogP contribution in [0.1, 0.15) is 62.0 Å². The van der Waals surface area contributed by atoms with Crippen LogP contribution in [0, 0.1) is 13.8 Å². The first-order valence-electron chi connectivity index (χ1n) is 10.3. The fraction of sp³-hybridized carbons (Fsp3) is 0.500. The van der Waals surface area contributed by atoms with Gasteiger partial charge in [0.1, 0.15) is 0 Å². The predicted octanol–water partition coefficient (Wildman–Crippen LogP) is 4.51. The molecule has 1 fully saturated rings. The first-order valence-corrected chi connectivity index (χ1v) is 11.2. The lowest BCUT2D eigenvalue weighted by atomic mass is 9.95. The van der Waals surface area contributed by atoms with Crippen molar-refractivity contribution in [1.29, 1.82) is 0 Å². The van der Waals surface area contributed by atoms with Gasteiger partial charge in [0, 0.05) is 18.3 Å². The Morgan fingerprint density at radius 2 is 1.86 bits per heavy atom. The average Bonchev–Trinajstić information content (AvgIpc) is 3.01. The van der Waals surface area contributed by atoms with Crippen LogP contribution in [0.5, 0.6) is 0 Å². The summed E-state index contributed by atoms with van der Waals surface area (Å²) < 4.78 is 2.30. The van der Waals surface area contributed by atoms with E-state index in [-0.39, 0.29) is 5.91 Å². The SMILES string of the molecule is Cc1nc(SC(C)C(=O)NC(=O)NCc2ccccc2)n(C2CCCCC2)c1C. The Hall–Kier alpha value is -2.28. The lowest BCUT2D eigenvalue weighted by molar-refractivity contribution is -0.119. The lowest BCUT2D eigenvalue weighted by Gasteiger charge is -2.26. The zero-order chi connectivity index (χ0) is 20.8. The maximum absolute atomic E-state index is 12.5. The molecule has 1 aliphatic carbocycles. The highest BCUT2D eigenvalue weighted by atomic mass is 32.2. The molecular formula is C22H30N4O2S. The second-order valence-electron chi connectivity index (χ2n) is 7.64. The van der Waals surface area contributed by atoms with Crippen LogP contribution in [0.3, 0.4) is 0 Å². The minimum atomic E-state index is -0.478. The van der Waals surface area contributed by atoms with E-state index in [0.717, 1.165) is 29.3 Å². The van der Waals surface area contributed by atoms with Gasteiger partial charge in [-0.1, -0.05) is 61.4 Å². The summed E-state index contributed by atoms with van der Waals surface area (Å²) in [5, 5.41) is 5.63. The third-order valence-corrected chi connectivity index (χ3v) is 6.54. The number of hydrogen-bond acceptors (Lipinski definition) is 4. The summed E-state index contributed by atoms with van der Waals surface area (Å²) >= 11 is 1.42. The molecule has 0 spiro atoms. The zero-order valence-corrected chi connectivity index (χ0v) is 18.2. The summed E-state index contributed by atoms with van der Waals surface area (Å²) in [6.07, 6.45) is 6.09. The van der Waals surface area contributed by atoms with Gasteiger partial charge in [-0.2, -0.15) is 0 Å². The molecule has 1 aromatic heterocycles. The molecule has 1 aliphatic rings. The van der Waals surface area contributed by atoms with E-state index in [2.05, 4.69) is 22.1 Å². The number of rotatable bonds is 6. The Labute approximate surface area is 176 Å². The van der Waals surface area contributed by atoms with Crippen LogP contribution in [0.25, 0.3) is 0 Å². The van der Waals surface area contributed by atoms with E-state index in [0.29, 0.717) is 12.6 Å². The molecule has 29 heavy (non-hydrogen) atoms. The van der Waals surface area contributed by atoms with Crippen molar-refractivity contribution in [3.63, 3.8) is 0 Å². The largest absolute Gasteiger partial charge is 0.334 e. The molecule has 7 heteroatoms. The number of imidazole rings is 1. The van der Waals surface area contributed by atoms with Crippen LogP contribution in [0.2, 0.25) is 0 Å². The van der Waals surface area contributed by atoms with Crippen molar-refractivity contribution in [3.05, 3.63) is 47.3 Å². The summed E-state index contributed by atoms with van der Waals surface area (Å²) in [4.78, 5) is 29.3. The molecule has 3 rings (SSSR count). The molecule has 1 heterocycles. The fourth-order valence-corrected chi connectivity index (χ4v) is 4.77. The van der Waals surface area contributed by atoms with E-state index >= 15 is 0 Å². The zero-order valence-electron chi connectivity index (χ0n) is 17.4. The lowest BCUT2D eigenvalue weighted by Crippen LogP contribution is -2.42. The smallest absolute Gasteiger partial charge is 0.321 e. The third kappa shape index (κ3) is 5.63. The molecule has 2 aromatic rings. The minimum Gasteiger partial charge on any atom is -0.334 e. The number of carbonyl (C=O) groups is 2. The number of nitrogens with zero attached hydrogens (tertiary/aromatic N) is 2. The number of urea groups is 1. The second kappa shape index (κ2) is 9.96. The van der Waals surface area contributed by atoms with Gasteiger partial charge in [-0.15, -0.1) is 0 Å². The number of benzene rings is 1. The number of hydrogen-bond donors (Lipinski definition) is 2. The van der Waals surface area contributed by atoms with Gasteiger partial charge in [-0.25, -0.2) is 9.78 Å². The van der Waals surface area contributed by atoms with E-state index in [9.17, 15) is 9.59 Å². The quantitative estimate of drug-likeness (QED) is 0.682. The second-order valence-corrected chi connectivity index (χ2v) is 8.95. The monoisotopic (exact) mass is 414 g/mol. The molecular weight excluding hydrogens is 384 g/mol. The standard InChI is InChI=1S/C22H30N4O2S/c1-15-16(2)26(19-12-8-5-9-13-19)22(24-15)29-17(3)20(27)25-21(28)23-14-18-10-6-4-7-11-18/h4,6-7,10-11,17,19H,5,8-9,12-14H2,1-3H3,(H2,23,25,27,28). The maximum atomic E-state index is 12.5. The molecule has 3 amide bonds. The molecule has 1 aromatic carbocycles. The van der Waals surface area contributed by atoms with Gasteiger partial charge in [0.25, 0.3) is 0 Å². The topological polar surface area (TPSA) is 76.0 Å². The fourth-order valence-electron chi connectivity index (χ4n) is 3.70. The molecule has 156 valence electrons. The van der Waals surface area contributed by atoms with Gasteiger partial charge in [-0.3, -0.25) is 10.1 Å². The van der Waals surface area contributed by atoms with Crippen molar-refractivity contribution in [2.24, 2.45) is 0 Å². The van der Waals surface area contributed by atoms with Crippen molar-refractivity contribution >= 4 is 23.7 Å². The highest BCUT2D eigenvalue weighted by Gasteiger charge is 2.25. The van der Waals surface area contributed by atoms with Crippen LogP contribution in [-0.2, 0) is 11.3 Å². The maximum Gasteiger partial charge on any atom is 0.321 e. The van der Waals surface area contributed by atoms with Crippen molar-refractivity contribution in [2.45, 2.75) is 75.9 Å². The number of aromatic nitrogens is 2. The molecule has 0 radical (unpaired) electrons. The first kappa shape index (κ1) is 21.4. The molecule has 0 bridgehead atoms. The summed E-state index contributed by atoms with van der Waals surface area (Å²) in [5.41, 5.74) is 3.16. The predicted molar refractivity (Wildman–Crippen MR) is 116 cm³/mol. The van der Waals surface area contributed by atoms with E-state index in [1.807, 2.05) is 44.2 Å². The Kier molecular flexibility index (Phi) is 7.36. The molecule has 6 nitrogen and oxygen atoms in total. The molecule has 2 N–H and O–H groups in total. The number of aryl methyl sites for hydroxylation is 1. The Morgan fingerprint density at radius 3 is 2.55 bits per heavy atom. The van der Waals surface area contributed by atoms with Crippen molar-refractivity contribution in [3.8, 4) is 0 Å². The van der Waals surface area contributed by atoms with Gasteiger partial charge in [-0.05, 0) is 39.2 Å². The summed E-state index contributed by atoms with van der Waals surface area (Å²) in [6, 6.07) is 9.58.